The van der Waals surface area contributed by atoms with Crippen LogP contribution in [0.25, 0.3) is 0 Å². The number of hydrogen-bond donors (Lipinski definition) is 1. The summed E-state index contributed by atoms with van der Waals surface area (Å²) >= 11 is 7.43. The summed E-state index contributed by atoms with van der Waals surface area (Å²) in [6.45, 7) is 1.20. The Morgan fingerprint density at radius 1 is 1.21 bits per heavy atom. The quantitative estimate of drug-likeness (QED) is 0.591. The average Bonchev–Trinajstić information content (AvgIpc) is 2.60. The third-order valence-corrected chi connectivity index (χ3v) is 6.09. The van der Waals surface area contributed by atoms with Crippen molar-refractivity contribution in [3.05, 3.63) is 53.1 Å². The Morgan fingerprint density at radius 2 is 1.86 bits per heavy atom. The van der Waals surface area contributed by atoms with Gasteiger partial charge in [0.15, 0.2) is 0 Å². The first-order chi connectivity index (χ1) is 13.4. The summed E-state index contributed by atoms with van der Waals surface area (Å²) in [5.41, 5.74) is -1.01. The molecule has 2 aromatic rings. The van der Waals surface area contributed by atoms with Crippen LogP contribution < -0.4 is 9.62 Å². The minimum absolute atomic E-state index is 0.224. The normalized spacial score (nSPS) is 11.9. The number of rotatable bonds is 7. The first kappa shape index (κ1) is 23.4. The number of carbonyl (C=O) groups excluding carboxylic acids is 1. The number of nitrogens with zero attached hydrogens (tertiary/aromatic N) is 1. The highest BCUT2D eigenvalue weighted by Crippen LogP contribution is 2.36. The van der Waals surface area contributed by atoms with Crippen molar-refractivity contribution in [1.82, 2.24) is 0 Å². The zero-order valence-electron chi connectivity index (χ0n) is 15.5. The van der Waals surface area contributed by atoms with Crippen molar-refractivity contribution in [2.24, 2.45) is 0 Å². The van der Waals surface area contributed by atoms with E-state index in [-0.39, 0.29) is 5.02 Å². The molecule has 0 unspecified atom stereocenters. The number of hydrogen-bond acceptors (Lipinski definition) is 4. The second kappa shape index (κ2) is 9.27. The minimum atomic E-state index is -4.69. The molecule has 11 heteroatoms. The molecule has 0 aromatic heterocycles. The van der Waals surface area contributed by atoms with Gasteiger partial charge in [0.05, 0.1) is 28.2 Å². The van der Waals surface area contributed by atoms with Gasteiger partial charge in [0, 0.05) is 4.90 Å². The molecule has 2 rings (SSSR count). The number of thioether (sulfide) groups is 1. The molecular formula is C18H18ClF3N2O3S2. The summed E-state index contributed by atoms with van der Waals surface area (Å²) in [6.07, 6.45) is -3.90. The molecule has 0 aliphatic carbocycles. The first-order valence-corrected chi connectivity index (χ1v) is 11.5. The van der Waals surface area contributed by atoms with Gasteiger partial charge >= 0.3 is 6.18 Å². The van der Waals surface area contributed by atoms with Crippen LogP contribution in [0.2, 0.25) is 5.02 Å². The van der Waals surface area contributed by atoms with E-state index in [1.54, 1.807) is 24.3 Å². The summed E-state index contributed by atoms with van der Waals surface area (Å²) in [5, 5.41) is 2.38. The number of para-hydroxylation sites is 1. The van der Waals surface area contributed by atoms with E-state index in [9.17, 15) is 26.4 Å². The summed E-state index contributed by atoms with van der Waals surface area (Å²) in [5.74, 6) is 0.0374. The van der Waals surface area contributed by atoms with E-state index >= 15 is 0 Å². The van der Waals surface area contributed by atoms with E-state index < -0.39 is 39.9 Å². The van der Waals surface area contributed by atoms with Crippen molar-refractivity contribution in [2.75, 3.05) is 28.2 Å². The molecular weight excluding hydrogens is 449 g/mol. The zero-order chi connectivity index (χ0) is 21.8. The van der Waals surface area contributed by atoms with Crippen LogP contribution >= 0.6 is 23.4 Å². The van der Waals surface area contributed by atoms with Gasteiger partial charge in [-0.3, -0.25) is 9.10 Å². The summed E-state index contributed by atoms with van der Waals surface area (Å²) in [4.78, 5) is 13.3. The highest BCUT2D eigenvalue weighted by molar-refractivity contribution is 7.99. The molecule has 1 amide bonds. The summed E-state index contributed by atoms with van der Waals surface area (Å²) < 4.78 is 64.1. The van der Waals surface area contributed by atoms with Crippen molar-refractivity contribution >= 4 is 50.7 Å². The van der Waals surface area contributed by atoms with E-state index in [0.29, 0.717) is 16.1 Å². The Labute approximate surface area is 176 Å². The number of carbonyl (C=O) groups is 1. The number of benzene rings is 2. The molecule has 0 saturated heterocycles. The van der Waals surface area contributed by atoms with Crippen LogP contribution in [0.5, 0.6) is 0 Å². The molecule has 0 radical (unpaired) electrons. The van der Waals surface area contributed by atoms with E-state index in [1.165, 1.54) is 11.8 Å². The summed E-state index contributed by atoms with van der Waals surface area (Å²) in [6, 6.07) is 9.23. The van der Waals surface area contributed by atoms with E-state index in [1.807, 2.05) is 6.92 Å². The lowest BCUT2D eigenvalue weighted by molar-refractivity contribution is -0.137. The third kappa shape index (κ3) is 6.28. The Morgan fingerprint density at radius 3 is 2.45 bits per heavy atom. The lowest BCUT2D eigenvalue weighted by atomic mass is 10.2. The summed E-state index contributed by atoms with van der Waals surface area (Å²) in [7, 11) is -4.09. The lowest BCUT2D eigenvalue weighted by Crippen LogP contribution is -2.37. The SMILES string of the molecule is CCSc1ccccc1NC(=O)CN(c1cc(C(F)(F)F)ccc1Cl)S(C)(=O)=O. The highest BCUT2D eigenvalue weighted by atomic mass is 35.5. The molecule has 158 valence electrons. The van der Waals surface area contributed by atoms with Gasteiger partial charge < -0.3 is 5.32 Å². The first-order valence-electron chi connectivity index (χ1n) is 8.29. The van der Waals surface area contributed by atoms with Crippen LogP contribution in [0.3, 0.4) is 0 Å². The van der Waals surface area contributed by atoms with E-state index in [4.69, 9.17) is 11.6 Å². The molecule has 0 atom stereocenters. The molecule has 0 aliphatic rings. The monoisotopic (exact) mass is 466 g/mol. The minimum Gasteiger partial charge on any atom is -0.323 e. The standard InChI is InChI=1S/C18H18ClF3N2O3S2/c1-3-28-16-7-5-4-6-14(16)23-17(25)11-24(29(2,26)27)15-10-12(18(20,21)22)8-9-13(15)19/h4-10H,3,11H2,1-2H3,(H,23,25). The number of alkyl halides is 3. The predicted molar refractivity (Wildman–Crippen MR) is 110 cm³/mol. The molecule has 0 spiro atoms. The molecule has 29 heavy (non-hydrogen) atoms. The lowest BCUT2D eigenvalue weighted by Gasteiger charge is -2.24. The largest absolute Gasteiger partial charge is 0.416 e. The smallest absolute Gasteiger partial charge is 0.323 e. The van der Waals surface area contributed by atoms with Gasteiger partial charge in [-0.05, 0) is 36.1 Å². The third-order valence-electron chi connectivity index (χ3n) is 3.69. The van der Waals surface area contributed by atoms with Crippen molar-refractivity contribution < 1.29 is 26.4 Å². The fourth-order valence-corrected chi connectivity index (χ4v) is 4.32. The number of nitrogens with one attached hydrogen (secondary N) is 1. The van der Waals surface area contributed by atoms with Crippen molar-refractivity contribution in [2.45, 2.75) is 18.0 Å². The number of sulfonamides is 1. The van der Waals surface area contributed by atoms with Gasteiger partial charge in [-0.25, -0.2) is 8.42 Å². The Kier molecular flexibility index (Phi) is 7.47. The van der Waals surface area contributed by atoms with Crippen LogP contribution in [0.1, 0.15) is 12.5 Å². The average molecular weight is 467 g/mol. The van der Waals surface area contributed by atoms with Gasteiger partial charge in [0.25, 0.3) is 0 Å². The van der Waals surface area contributed by atoms with Crippen molar-refractivity contribution in [3.8, 4) is 0 Å². The maximum Gasteiger partial charge on any atom is 0.416 e. The molecule has 0 heterocycles. The molecule has 0 saturated carbocycles. The molecule has 0 bridgehead atoms. The second-order valence-corrected chi connectivity index (χ2v) is 9.53. The molecule has 0 fully saturated rings. The van der Waals surface area contributed by atoms with Crippen molar-refractivity contribution in [1.29, 1.82) is 0 Å². The topological polar surface area (TPSA) is 66.5 Å². The second-order valence-electron chi connectivity index (χ2n) is 5.91. The fourth-order valence-electron chi connectivity index (χ4n) is 2.43. The Bertz CT molecular complexity index is 998. The zero-order valence-corrected chi connectivity index (χ0v) is 17.8. The van der Waals surface area contributed by atoms with Gasteiger partial charge in [-0.2, -0.15) is 13.2 Å². The van der Waals surface area contributed by atoms with Gasteiger partial charge in [0.2, 0.25) is 15.9 Å². The number of amides is 1. The number of halogens is 4. The maximum atomic E-state index is 13.0. The predicted octanol–water partition coefficient (Wildman–Crippen LogP) is 4.88. The highest BCUT2D eigenvalue weighted by Gasteiger charge is 2.33. The molecule has 5 nitrogen and oxygen atoms in total. The number of anilines is 2. The fraction of sp³-hybridized carbons (Fsp3) is 0.278. The van der Waals surface area contributed by atoms with Crippen LogP contribution in [0.4, 0.5) is 24.5 Å². The van der Waals surface area contributed by atoms with Crippen LogP contribution in [0, 0.1) is 0 Å². The molecule has 0 aliphatic heterocycles. The van der Waals surface area contributed by atoms with Gasteiger partial charge in [0.1, 0.15) is 6.54 Å². The molecule has 1 N–H and O–H groups in total. The van der Waals surface area contributed by atoms with E-state index in [2.05, 4.69) is 5.32 Å². The van der Waals surface area contributed by atoms with Crippen LogP contribution in [-0.2, 0) is 21.0 Å². The van der Waals surface area contributed by atoms with Gasteiger partial charge in [-0.15, -0.1) is 11.8 Å². The van der Waals surface area contributed by atoms with Crippen molar-refractivity contribution in [3.63, 3.8) is 0 Å². The van der Waals surface area contributed by atoms with Crippen LogP contribution in [-0.4, -0.2) is 32.9 Å². The van der Waals surface area contributed by atoms with Gasteiger partial charge in [-0.1, -0.05) is 30.7 Å². The maximum absolute atomic E-state index is 13.0. The van der Waals surface area contributed by atoms with E-state index in [0.717, 1.165) is 29.0 Å². The van der Waals surface area contributed by atoms with Crippen LogP contribution in [0.15, 0.2) is 47.4 Å². The Balaban J connectivity index is 2.35. The Hall–Kier alpha value is -1.91. The molecule has 2 aromatic carbocycles.